The molecule has 0 unspecified atom stereocenters. The molecule has 0 saturated heterocycles. The predicted octanol–water partition coefficient (Wildman–Crippen LogP) is 2.51. The lowest BCUT2D eigenvalue weighted by atomic mass is 10.1. The molecule has 0 fully saturated rings. The van der Waals surface area contributed by atoms with Crippen molar-refractivity contribution in [2.45, 2.75) is 12.5 Å². The van der Waals surface area contributed by atoms with Gasteiger partial charge in [0.15, 0.2) is 6.04 Å². The maximum atomic E-state index is 11.2. The average Bonchev–Trinajstić information content (AvgIpc) is 2.46. The molecular weight excluding hydrogens is 254 g/mol. The fraction of sp³-hybridized carbons (Fsp3) is 0.125. The SMILES string of the molecule is O=C(O)[C@@H](Cc1ccccc1)N=Cc1ccc(O)cc1. The van der Waals surface area contributed by atoms with E-state index in [0.29, 0.717) is 6.42 Å². The summed E-state index contributed by atoms with van der Waals surface area (Å²) in [5.41, 5.74) is 1.69. The molecule has 102 valence electrons. The number of carboxylic acids is 1. The number of aliphatic imine (C=N–C) groups is 1. The van der Waals surface area contributed by atoms with Gasteiger partial charge < -0.3 is 10.2 Å². The van der Waals surface area contributed by atoms with E-state index in [1.807, 2.05) is 30.3 Å². The van der Waals surface area contributed by atoms with E-state index in [-0.39, 0.29) is 5.75 Å². The minimum absolute atomic E-state index is 0.168. The van der Waals surface area contributed by atoms with E-state index >= 15 is 0 Å². The standard InChI is InChI=1S/C16H15NO3/c18-14-8-6-13(7-9-14)11-17-15(16(19)20)10-12-4-2-1-3-5-12/h1-9,11,15,18H,10H2,(H,19,20)/t15-/m1/s1. The topological polar surface area (TPSA) is 69.9 Å². The molecule has 2 rings (SSSR count). The van der Waals surface area contributed by atoms with E-state index < -0.39 is 12.0 Å². The third-order valence-corrected chi connectivity index (χ3v) is 2.85. The quantitative estimate of drug-likeness (QED) is 0.819. The molecule has 2 aromatic carbocycles. The Bertz CT molecular complexity index is 591. The van der Waals surface area contributed by atoms with Gasteiger partial charge in [0.2, 0.25) is 0 Å². The van der Waals surface area contributed by atoms with Gasteiger partial charge in [0.05, 0.1) is 0 Å². The highest BCUT2D eigenvalue weighted by molar-refractivity contribution is 5.83. The third-order valence-electron chi connectivity index (χ3n) is 2.85. The second-order valence-corrected chi connectivity index (χ2v) is 4.41. The van der Waals surface area contributed by atoms with Crippen LogP contribution in [0.2, 0.25) is 0 Å². The highest BCUT2D eigenvalue weighted by Crippen LogP contribution is 2.10. The maximum absolute atomic E-state index is 11.2. The van der Waals surface area contributed by atoms with Crippen LogP contribution in [0.1, 0.15) is 11.1 Å². The number of nitrogens with zero attached hydrogens (tertiary/aromatic N) is 1. The molecule has 0 aliphatic heterocycles. The lowest BCUT2D eigenvalue weighted by molar-refractivity contribution is -0.138. The summed E-state index contributed by atoms with van der Waals surface area (Å²) >= 11 is 0. The van der Waals surface area contributed by atoms with Gasteiger partial charge >= 0.3 is 5.97 Å². The van der Waals surface area contributed by atoms with Crippen LogP contribution < -0.4 is 0 Å². The summed E-state index contributed by atoms with van der Waals surface area (Å²) in [6.07, 6.45) is 1.87. The van der Waals surface area contributed by atoms with Crippen molar-refractivity contribution in [3.8, 4) is 5.75 Å². The number of carboxylic acid groups (broad SMARTS) is 1. The van der Waals surface area contributed by atoms with Crippen molar-refractivity contribution in [2.24, 2.45) is 4.99 Å². The Morgan fingerprint density at radius 2 is 1.75 bits per heavy atom. The van der Waals surface area contributed by atoms with Crippen molar-refractivity contribution in [2.75, 3.05) is 0 Å². The molecule has 20 heavy (non-hydrogen) atoms. The van der Waals surface area contributed by atoms with E-state index in [0.717, 1.165) is 11.1 Å². The average molecular weight is 269 g/mol. The fourth-order valence-electron chi connectivity index (χ4n) is 1.78. The zero-order valence-corrected chi connectivity index (χ0v) is 10.8. The largest absolute Gasteiger partial charge is 0.508 e. The van der Waals surface area contributed by atoms with Crippen LogP contribution in [0.4, 0.5) is 0 Å². The number of rotatable bonds is 5. The molecule has 0 amide bonds. The number of aromatic hydroxyl groups is 1. The van der Waals surface area contributed by atoms with Crippen LogP contribution in [0, 0.1) is 0 Å². The summed E-state index contributed by atoms with van der Waals surface area (Å²) in [6.45, 7) is 0. The molecule has 2 N–H and O–H groups in total. The second kappa shape index (κ2) is 6.52. The molecule has 1 atom stereocenters. The van der Waals surface area contributed by atoms with Crippen LogP contribution in [-0.2, 0) is 11.2 Å². The first-order valence-corrected chi connectivity index (χ1v) is 6.24. The molecule has 4 heteroatoms. The Balaban J connectivity index is 2.09. The van der Waals surface area contributed by atoms with Gasteiger partial charge in [-0.1, -0.05) is 30.3 Å². The van der Waals surface area contributed by atoms with Crippen LogP contribution in [0.5, 0.6) is 5.75 Å². The third kappa shape index (κ3) is 3.95. The van der Waals surface area contributed by atoms with Gasteiger partial charge in [-0.25, -0.2) is 4.79 Å². The van der Waals surface area contributed by atoms with Crippen molar-refractivity contribution in [3.63, 3.8) is 0 Å². The number of aliphatic carboxylic acids is 1. The molecule has 4 nitrogen and oxygen atoms in total. The molecule has 0 heterocycles. The van der Waals surface area contributed by atoms with Crippen LogP contribution in [0.25, 0.3) is 0 Å². The molecule has 0 aromatic heterocycles. The summed E-state index contributed by atoms with van der Waals surface area (Å²) in [7, 11) is 0. The highest BCUT2D eigenvalue weighted by atomic mass is 16.4. The summed E-state index contributed by atoms with van der Waals surface area (Å²) in [5.74, 6) is -0.787. The molecule has 0 aliphatic carbocycles. The minimum Gasteiger partial charge on any atom is -0.508 e. The Hall–Kier alpha value is -2.62. The first kappa shape index (κ1) is 13.8. The van der Waals surface area contributed by atoms with Crippen LogP contribution in [0.15, 0.2) is 59.6 Å². The van der Waals surface area contributed by atoms with Gasteiger partial charge in [0.1, 0.15) is 5.75 Å². The highest BCUT2D eigenvalue weighted by Gasteiger charge is 2.15. The number of phenolic OH excluding ortho intramolecular Hbond substituents is 1. The first-order valence-electron chi connectivity index (χ1n) is 6.24. The zero-order valence-electron chi connectivity index (χ0n) is 10.8. The van der Waals surface area contributed by atoms with Crippen molar-refractivity contribution in [1.82, 2.24) is 0 Å². The van der Waals surface area contributed by atoms with E-state index in [2.05, 4.69) is 4.99 Å². The fourth-order valence-corrected chi connectivity index (χ4v) is 1.78. The molecule has 2 aromatic rings. The number of hydrogen-bond donors (Lipinski definition) is 2. The van der Waals surface area contributed by atoms with E-state index in [4.69, 9.17) is 0 Å². The van der Waals surface area contributed by atoms with Crippen molar-refractivity contribution >= 4 is 12.2 Å². The summed E-state index contributed by atoms with van der Waals surface area (Å²) in [4.78, 5) is 15.3. The molecule has 0 spiro atoms. The zero-order chi connectivity index (χ0) is 14.4. The van der Waals surface area contributed by atoms with Crippen LogP contribution in [-0.4, -0.2) is 28.4 Å². The number of hydrogen-bond acceptors (Lipinski definition) is 3. The Labute approximate surface area is 117 Å². The van der Waals surface area contributed by atoms with Gasteiger partial charge in [-0.05, 0) is 35.4 Å². The van der Waals surface area contributed by atoms with Crippen molar-refractivity contribution in [1.29, 1.82) is 0 Å². The van der Waals surface area contributed by atoms with Gasteiger partial charge in [-0.2, -0.15) is 0 Å². The minimum atomic E-state index is -0.955. The Kier molecular flexibility index (Phi) is 4.50. The van der Waals surface area contributed by atoms with E-state index in [9.17, 15) is 15.0 Å². The smallest absolute Gasteiger partial charge is 0.328 e. The maximum Gasteiger partial charge on any atom is 0.328 e. The van der Waals surface area contributed by atoms with Gasteiger partial charge in [-0.3, -0.25) is 4.99 Å². The Morgan fingerprint density at radius 3 is 2.35 bits per heavy atom. The van der Waals surface area contributed by atoms with Crippen molar-refractivity contribution < 1.29 is 15.0 Å². The number of phenols is 1. The lowest BCUT2D eigenvalue weighted by Gasteiger charge is -2.07. The first-order chi connectivity index (χ1) is 9.65. The molecule has 0 saturated carbocycles. The molecule has 0 aliphatic rings. The van der Waals surface area contributed by atoms with Crippen molar-refractivity contribution in [3.05, 3.63) is 65.7 Å². The summed E-state index contributed by atoms with van der Waals surface area (Å²) in [5, 5.41) is 18.4. The Morgan fingerprint density at radius 1 is 1.10 bits per heavy atom. The second-order valence-electron chi connectivity index (χ2n) is 4.41. The van der Waals surface area contributed by atoms with Crippen LogP contribution >= 0.6 is 0 Å². The van der Waals surface area contributed by atoms with Crippen LogP contribution in [0.3, 0.4) is 0 Å². The summed E-state index contributed by atoms with van der Waals surface area (Å²) in [6, 6.07) is 15.0. The van der Waals surface area contributed by atoms with E-state index in [1.54, 1.807) is 12.1 Å². The molecule has 0 radical (unpaired) electrons. The van der Waals surface area contributed by atoms with E-state index in [1.165, 1.54) is 18.3 Å². The number of benzene rings is 2. The summed E-state index contributed by atoms with van der Waals surface area (Å²) < 4.78 is 0. The lowest BCUT2D eigenvalue weighted by Crippen LogP contribution is -2.20. The van der Waals surface area contributed by atoms with Gasteiger partial charge in [0.25, 0.3) is 0 Å². The normalized spacial score (nSPS) is 12.4. The monoisotopic (exact) mass is 269 g/mol. The number of carbonyl (C=O) groups is 1. The predicted molar refractivity (Wildman–Crippen MR) is 77.3 cm³/mol. The van der Waals surface area contributed by atoms with Gasteiger partial charge in [0, 0.05) is 12.6 Å². The van der Waals surface area contributed by atoms with Gasteiger partial charge in [-0.15, -0.1) is 0 Å². The molecular formula is C16H15NO3. The molecule has 0 bridgehead atoms.